The maximum atomic E-state index is 12.8. The molecule has 0 aliphatic rings. The number of hydrogen-bond acceptors (Lipinski definition) is 6. The largest absolute Gasteiger partial charge is 0.339 e. The number of anilines is 1. The monoisotopic (exact) mass is 422 g/mol. The summed E-state index contributed by atoms with van der Waals surface area (Å²) in [5, 5.41) is 6.68. The smallest absolute Gasteiger partial charge is 0.243 e. The zero-order valence-electron chi connectivity index (χ0n) is 17.7. The lowest BCUT2D eigenvalue weighted by atomic mass is 10.2. The van der Waals surface area contributed by atoms with E-state index in [1.54, 1.807) is 32.9 Å². The van der Waals surface area contributed by atoms with E-state index in [1.807, 2.05) is 13.8 Å². The standard InChI is InChI=1S/C20H30N4O4S/c1-6-24(7-2)29(26,27)17-13-16(12-11-15(17)5)21-18(25)9-8-10-19-22-20(14(3)4)23-28-19/h11-14H,6-10H2,1-5H3,(H,21,25). The van der Waals surface area contributed by atoms with Crippen LogP contribution in [0.4, 0.5) is 5.69 Å². The van der Waals surface area contributed by atoms with Gasteiger partial charge >= 0.3 is 0 Å². The molecule has 0 atom stereocenters. The number of benzene rings is 1. The Labute approximate surface area is 172 Å². The van der Waals surface area contributed by atoms with E-state index in [-0.39, 0.29) is 23.1 Å². The average Bonchev–Trinajstić information content (AvgIpc) is 3.13. The van der Waals surface area contributed by atoms with Gasteiger partial charge in [0.2, 0.25) is 21.8 Å². The molecule has 9 heteroatoms. The molecule has 1 aromatic heterocycles. The van der Waals surface area contributed by atoms with Crippen LogP contribution in [0, 0.1) is 6.92 Å². The third-order valence-corrected chi connectivity index (χ3v) is 6.78. The van der Waals surface area contributed by atoms with Gasteiger partial charge in [-0.25, -0.2) is 8.42 Å². The highest BCUT2D eigenvalue weighted by Crippen LogP contribution is 2.24. The normalized spacial score (nSPS) is 12.0. The minimum Gasteiger partial charge on any atom is -0.339 e. The molecule has 0 bridgehead atoms. The quantitative estimate of drug-likeness (QED) is 0.628. The Hall–Kier alpha value is -2.26. The van der Waals surface area contributed by atoms with E-state index in [0.29, 0.717) is 48.9 Å². The molecule has 0 spiro atoms. The van der Waals surface area contributed by atoms with E-state index in [1.165, 1.54) is 10.4 Å². The number of aryl methyl sites for hydroxylation is 2. The number of carbonyl (C=O) groups excluding carboxylic acids is 1. The van der Waals surface area contributed by atoms with Crippen LogP contribution >= 0.6 is 0 Å². The topological polar surface area (TPSA) is 105 Å². The predicted octanol–water partition coefficient (Wildman–Crippen LogP) is 3.49. The number of hydrogen-bond donors (Lipinski definition) is 1. The van der Waals surface area contributed by atoms with Gasteiger partial charge < -0.3 is 9.84 Å². The second-order valence-electron chi connectivity index (χ2n) is 7.17. The number of nitrogens with one attached hydrogen (secondary N) is 1. The number of amides is 1. The molecule has 0 saturated heterocycles. The van der Waals surface area contributed by atoms with Gasteiger partial charge in [0.25, 0.3) is 0 Å². The van der Waals surface area contributed by atoms with Gasteiger partial charge in [0, 0.05) is 37.5 Å². The Morgan fingerprint density at radius 3 is 2.52 bits per heavy atom. The van der Waals surface area contributed by atoms with Gasteiger partial charge in [-0.2, -0.15) is 9.29 Å². The molecule has 1 heterocycles. The van der Waals surface area contributed by atoms with Crippen molar-refractivity contribution < 1.29 is 17.7 Å². The van der Waals surface area contributed by atoms with Crippen molar-refractivity contribution in [3.05, 3.63) is 35.5 Å². The average molecular weight is 423 g/mol. The van der Waals surface area contributed by atoms with Gasteiger partial charge in [0.1, 0.15) is 0 Å². The molecule has 0 aliphatic carbocycles. The fourth-order valence-electron chi connectivity index (χ4n) is 2.89. The summed E-state index contributed by atoms with van der Waals surface area (Å²) in [6.07, 6.45) is 1.34. The van der Waals surface area contributed by atoms with Crippen molar-refractivity contribution in [1.82, 2.24) is 14.4 Å². The van der Waals surface area contributed by atoms with Crippen LogP contribution in [-0.2, 0) is 21.2 Å². The maximum absolute atomic E-state index is 12.8. The minimum absolute atomic E-state index is 0.191. The molecule has 0 radical (unpaired) electrons. The Bertz CT molecular complexity index is 934. The molecule has 2 rings (SSSR count). The van der Waals surface area contributed by atoms with Crippen LogP contribution in [0.25, 0.3) is 0 Å². The fourth-order valence-corrected chi connectivity index (χ4v) is 4.59. The zero-order chi connectivity index (χ0) is 21.6. The van der Waals surface area contributed by atoms with Gasteiger partial charge in [-0.05, 0) is 31.0 Å². The summed E-state index contributed by atoms with van der Waals surface area (Å²) in [7, 11) is -3.59. The molecule has 1 aromatic carbocycles. The van der Waals surface area contributed by atoms with Crippen molar-refractivity contribution in [2.45, 2.75) is 64.7 Å². The van der Waals surface area contributed by atoms with Crippen molar-refractivity contribution in [3.63, 3.8) is 0 Å². The maximum Gasteiger partial charge on any atom is 0.243 e. The van der Waals surface area contributed by atoms with E-state index in [9.17, 15) is 13.2 Å². The van der Waals surface area contributed by atoms with Crippen molar-refractivity contribution >= 4 is 21.6 Å². The summed E-state index contributed by atoms with van der Waals surface area (Å²) in [5.74, 6) is 1.18. The first-order valence-corrected chi connectivity index (χ1v) is 11.4. The molecule has 0 saturated carbocycles. The van der Waals surface area contributed by atoms with Gasteiger partial charge in [0.15, 0.2) is 5.82 Å². The third-order valence-electron chi connectivity index (χ3n) is 4.59. The Morgan fingerprint density at radius 1 is 1.24 bits per heavy atom. The molecular formula is C20H30N4O4S. The predicted molar refractivity (Wildman–Crippen MR) is 111 cm³/mol. The third kappa shape index (κ3) is 5.86. The Morgan fingerprint density at radius 2 is 1.93 bits per heavy atom. The number of nitrogens with zero attached hydrogens (tertiary/aromatic N) is 3. The highest BCUT2D eigenvalue weighted by Gasteiger charge is 2.24. The molecule has 29 heavy (non-hydrogen) atoms. The Kier molecular flexibility index (Phi) is 7.92. The van der Waals surface area contributed by atoms with E-state index in [4.69, 9.17) is 4.52 Å². The second kappa shape index (κ2) is 9.98. The minimum atomic E-state index is -3.59. The van der Waals surface area contributed by atoms with Crippen molar-refractivity contribution in [1.29, 1.82) is 0 Å². The summed E-state index contributed by atoms with van der Waals surface area (Å²) in [4.78, 5) is 16.8. The van der Waals surface area contributed by atoms with Crippen molar-refractivity contribution in [3.8, 4) is 0 Å². The summed E-state index contributed by atoms with van der Waals surface area (Å²) < 4.78 is 32.2. The van der Waals surface area contributed by atoms with Crippen LogP contribution in [0.3, 0.4) is 0 Å². The van der Waals surface area contributed by atoms with Crippen LogP contribution in [0.5, 0.6) is 0 Å². The van der Waals surface area contributed by atoms with Crippen LogP contribution in [0.2, 0.25) is 0 Å². The highest BCUT2D eigenvalue weighted by molar-refractivity contribution is 7.89. The molecular weight excluding hydrogens is 392 g/mol. The Balaban J connectivity index is 1.99. The van der Waals surface area contributed by atoms with Gasteiger partial charge in [0.05, 0.1) is 4.90 Å². The zero-order valence-corrected chi connectivity index (χ0v) is 18.5. The first-order valence-electron chi connectivity index (χ1n) is 9.92. The molecule has 8 nitrogen and oxygen atoms in total. The number of aromatic nitrogens is 2. The van der Waals surface area contributed by atoms with E-state index in [2.05, 4.69) is 15.5 Å². The lowest BCUT2D eigenvalue weighted by Crippen LogP contribution is -2.31. The lowest BCUT2D eigenvalue weighted by Gasteiger charge is -2.20. The van der Waals surface area contributed by atoms with Gasteiger partial charge in [-0.1, -0.05) is 38.9 Å². The van der Waals surface area contributed by atoms with Gasteiger partial charge in [-0.3, -0.25) is 4.79 Å². The molecule has 2 aromatic rings. The van der Waals surface area contributed by atoms with E-state index >= 15 is 0 Å². The number of rotatable bonds is 10. The van der Waals surface area contributed by atoms with Gasteiger partial charge in [-0.15, -0.1) is 0 Å². The fraction of sp³-hybridized carbons (Fsp3) is 0.550. The molecule has 0 unspecified atom stereocenters. The second-order valence-corrected chi connectivity index (χ2v) is 9.08. The van der Waals surface area contributed by atoms with Crippen LogP contribution in [0.1, 0.15) is 63.7 Å². The first kappa shape index (κ1) is 23.0. The van der Waals surface area contributed by atoms with Crippen molar-refractivity contribution in [2.24, 2.45) is 0 Å². The molecule has 0 fully saturated rings. The SMILES string of the molecule is CCN(CC)S(=O)(=O)c1cc(NC(=O)CCCc2nc(C(C)C)no2)ccc1C. The highest BCUT2D eigenvalue weighted by atomic mass is 32.2. The van der Waals surface area contributed by atoms with Crippen molar-refractivity contribution in [2.75, 3.05) is 18.4 Å². The van der Waals surface area contributed by atoms with Crippen LogP contribution in [0.15, 0.2) is 27.6 Å². The summed E-state index contributed by atoms with van der Waals surface area (Å²) in [5.41, 5.74) is 1.11. The lowest BCUT2D eigenvalue weighted by molar-refractivity contribution is -0.116. The first-order chi connectivity index (χ1) is 13.7. The van der Waals surface area contributed by atoms with E-state index < -0.39 is 10.0 Å². The molecule has 0 aliphatic heterocycles. The number of sulfonamides is 1. The molecule has 160 valence electrons. The molecule has 1 N–H and O–H groups in total. The van der Waals surface area contributed by atoms with Crippen LogP contribution < -0.4 is 5.32 Å². The summed E-state index contributed by atoms with van der Waals surface area (Å²) >= 11 is 0. The summed E-state index contributed by atoms with van der Waals surface area (Å²) in [6.45, 7) is 10.1. The van der Waals surface area contributed by atoms with Crippen LogP contribution in [-0.4, -0.2) is 41.9 Å². The van der Waals surface area contributed by atoms with E-state index in [0.717, 1.165) is 0 Å². The number of carbonyl (C=O) groups is 1. The molecule has 1 amide bonds. The summed E-state index contributed by atoms with van der Waals surface area (Å²) in [6, 6.07) is 4.94.